The van der Waals surface area contributed by atoms with E-state index in [0.717, 1.165) is 29.4 Å². The van der Waals surface area contributed by atoms with Crippen LogP contribution in [-0.4, -0.2) is 31.3 Å². The Hall–Kier alpha value is -1.56. The molecule has 2 saturated carbocycles. The van der Waals surface area contributed by atoms with Crippen LogP contribution in [0.1, 0.15) is 72.1 Å². The number of hydrogen-bond acceptors (Lipinski definition) is 4. The Bertz CT molecular complexity index is 768. The van der Waals surface area contributed by atoms with Gasteiger partial charge in [-0.1, -0.05) is 37.4 Å². The van der Waals surface area contributed by atoms with Crippen molar-refractivity contribution in [1.82, 2.24) is 19.7 Å². The molecule has 2 aromatic heterocycles. The summed E-state index contributed by atoms with van der Waals surface area (Å²) in [7, 11) is 0. The number of aromatic amines is 1. The fourth-order valence-electron chi connectivity index (χ4n) is 4.08. The molecule has 134 valence electrons. The third kappa shape index (κ3) is 3.68. The Balaban J connectivity index is 1.36. The van der Waals surface area contributed by atoms with Crippen LogP contribution in [0.2, 0.25) is 0 Å². The number of aromatic nitrogens is 4. The van der Waals surface area contributed by atoms with Gasteiger partial charge in [0.1, 0.15) is 5.82 Å². The number of hydrogen-bond donors (Lipinski definition) is 1. The van der Waals surface area contributed by atoms with Gasteiger partial charge < -0.3 is 4.57 Å². The fraction of sp³-hybridized carbons (Fsp3) is 0.632. The highest BCUT2D eigenvalue weighted by Crippen LogP contribution is 2.38. The van der Waals surface area contributed by atoms with E-state index in [1.165, 1.54) is 56.0 Å². The third-order valence-corrected chi connectivity index (χ3v) is 6.34. The highest BCUT2D eigenvalue weighted by atomic mass is 32.2. The molecular weight excluding hydrogens is 332 g/mol. The van der Waals surface area contributed by atoms with E-state index in [0.29, 0.717) is 17.0 Å². The molecule has 0 unspecified atom stereocenters. The monoisotopic (exact) mass is 358 g/mol. The van der Waals surface area contributed by atoms with E-state index in [1.54, 1.807) is 0 Å². The number of carbonyl (C=O) groups excluding carboxylic acids is 1. The molecule has 25 heavy (non-hydrogen) atoms. The fourth-order valence-corrected chi connectivity index (χ4v) is 4.78. The average Bonchev–Trinajstić information content (AvgIpc) is 2.99. The molecular formula is C19H26N4OS. The summed E-state index contributed by atoms with van der Waals surface area (Å²) in [6.07, 6.45) is 8.75. The molecule has 0 saturated heterocycles. The number of nitrogens with one attached hydrogen (secondary N) is 1. The van der Waals surface area contributed by atoms with Crippen molar-refractivity contribution in [2.24, 2.45) is 5.92 Å². The number of aryl methyl sites for hydroxylation is 1. The summed E-state index contributed by atoms with van der Waals surface area (Å²) in [4.78, 5) is 17.2. The minimum Gasteiger partial charge on any atom is -0.345 e. The van der Waals surface area contributed by atoms with E-state index in [2.05, 4.69) is 33.6 Å². The topological polar surface area (TPSA) is 63.6 Å². The van der Waals surface area contributed by atoms with Gasteiger partial charge in [0.2, 0.25) is 5.16 Å². The van der Waals surface area contributed by atoms with Gasteiger partial charge >= 0.3 is 0 Å². The molecule has 0 bridgehead atoms. The molecule has 2 fully saturated rings. The maximum Gasteiger partial charge on any atom is 0.208 e. The summed E-state index contributed by atoms with van der Waals surface area (Å²) < 4.78 is 2.32. The first kappa shape index (κ1) is 16.9. The van der Waals surface area contributed by atoms with Gasteiger partial charge in [0.15, 0.2) is 5.78 Å². The SMILES string of the molecule is Cc1cc(C(=O)CSc2n[nH]c(CC3CCCC3)n2)c(C)n1C1CC1. The Morgan fingerprint density at radius 1 is 1.28 bits per heavy atom. The van der Waals surface area contributed by atoms with E-state index in [4.69, 9.17) is 0 Å². The van der Waals surface area contributed by atoms with Crippen LogP contribution < -0.4 is 0 Å². The quantitative estimate of drug-likeness (QED) is 0.593. The lowest BCUT2D eigenvalue weighted by Gasteiger charge is -2.07. The van der Waals surface area contributed by atoms with Gasteiger partial charge in [0.05, 0.1) is 5.75 Å². The maximum absolute atomic E-state index is 12.6. The summed E-state index contributed by atoms with van der Waals surface area (Å²) in [5, 5.41) is 8.02. The largest absolute Gasteiger partial charge is 0.345 e. The Labute approximate surface area is 153 Å². The molecule has 6 heteroatoms. The van der Waals surface area contributed by atoms with Crippen molar-refractivity contribution >= 4 is 17.5 Å². The second kappa shape index (κ2) is 6.98. The zero-order valence-electron chi connectivity index (χ0n) is 15.0. The van der Waals surface area contributed by atoms with E-state index in [9.17, 15) is 4.79 Å². The van der Waals surface area contributed by atoms with Gasteiger partial charge in [-0.05, 0) is 38.7 Å². The van der Waals surface area contributed by atoms with Crippen molar-refractivity contribution in [3.8, 4) is 0 Å². The van der Waals surface area contributed by atoms with Gasteiger partial charge in [-0.15, -0.1) is 5.10 Å². The van der Waals surface area contributed by atoms with Crippen LogP contribution in [0.5, 0.6) is 0 Å². The molecule has 4 rings (SSSR count). The number of rotatable bonds is 7. The molecule has 1 N–H and O–H groups in total. The molecule has 0 spiro atoms. The molecule has 5 nitrogen and oxygen atoms in total. The standard InChI is InChI=1S/C19H26N4OS/c1-12-9-16(13(2)23(12)15-7-8-15)17(24)11-25-19-20-18(21-22-19)10-14-5-3-4-6-14/h9,14-15H,3-8,10-11H2,1-2H3,(H,20,21,22). The highest BCUT2D eigenvalue weighted by molar-refractivity contribution is 7.99. The van der Waals surface area contributed by atoms with Crippen LogP contribution in [0, 0.1) is 19.8 Å². The van der Waals surface area contributed by atoms with Crippen LogP contribution in [0.15, 0.2) is 11.2 Å². The Kier molecular flexibility index (Phi) is 4.71. The zero-order chi connectivity index (χ0) is 17.4. The first-order chi connectivity index (χ1) is 12.1. The van der Waals surface area contributed by atoms with Crippen LogP contribution in [0.4, 0.5) is 0 Å². The molecule has 0 radical (unpaired) electrons. The van der Waals surface area contributed by atoms with Gasteiger partial charge in [0, 0.05) is 29.4 Å². The predicted molar refractivity (Wildman–Crippen MR) is 99.3 cm³/mol. The predicted octanol–water partition coefficient (Wildman–Crippen LogP) is 4.27. The normalized spacial score (nSPS) is 18.2. The minimum absolute atomic E-state index is 0.173. The van der Waals surface area contributed by atoms with E-state index >= 15 is 0 Å². The second-order valence-electron chi connectivity index (χ2n) is 7.52. The molecule has 0 amide bonds. The lowest BCUT2D eigenvalue weighted by atomic mass is 10.0. The van der Waals surface area contributed by atoms with Crippen molar-refractivity contribution in [2.75, 3.05) is 5.75 Å². The number of nitrogens with zero attached hydrogens (tertiary/aromatic N) is 3. The van der Waals surface area contributed by atoms with Crippen molar-refractivity contribution in [3.63, 3.8) is 0 Å². The number of thioether (sulfide) groups is 1. The highest BCUT2D eigenvalue weighted by Gasteiger charge is 2.28. The van der Waals surface area contributed by atoms with Crippen LogP contribution in [0.3, 0.4) is 0 Å². The molecule has 0 aromatic carbocycles. The van der Waals surface area contributed by atoms with Gasteiger partial charge in [-0.25, -0.2) is 4.98 Å². The van der Waals surface area contributed by atoms with Crippen LogP contribution in [-0.2, 0) is 6.42 Å². The summed E-state index contributed by atoms with van der Waals surface area (Å²) >= 11 is 1.44. The van der Waals surface area contributed by atoms with Crippen molar-refractivity contribution < 1.29 is 4.79 Å². The molecule has 2 heterocycles. The summed E-state index contributed by atoms with van der Waals surface area (Å²) in [5.41, 5.74) is 3.17. The Morgan fingerprint density at radius 2 is 2.04 bits per heavy atom. The van der Waals surface area contributed by atoms with Gasteiger partial charge in [-0.3, -0.25) is 9.89 Å². The number of carbonyl (C=O) groups is 1. The molecule has 2 aliphatic carbocycles. The number of ketones is 1. The summed E-state index contributed by atoms with van der Waals surface area (Å²) in [6, 6.07) is 2.65. The van der Waals surface area contributed by atoms with E-state index in [1.807, 2.05) is 6.07 Å². The zero-order valence-corrected chi connectivity index (χ0v) is 15.9. The molecule has 0 aliphatic heterocycles. The molecule has 2 aliphatic rings. The van der Waals surface area contributed by atoms with E-state index in [-0.39, 0.29) is 5.78 Å². The maximum atomic E-state index is 12.6. The number of H-pyrrole nitrogens is 1. The Morgan fingerprint density at radius 3 is 2.76 bits per heavy atom. The van der Waals surface area contributed by atoms with Gasteiger partial charge in [-0.2, -0.15) is 0 Å². The van der Waals surface area contributed by atoms with Crippen molar-refractivity contribution in [2.45, 2.75) is 70.0 Å². The second-order valence-corrected chi connectivity index (χ2v) is 8.46. The number of Topliss-reactive ketones (excluding diaryl/α,β-unsaturated/α-hetero) is 1. The first-order valence-corrected chi connectivity index (χ1v) is 10.4. The first-order valence-electron chi connectivity index (χ1n) is 9.37. The smallest absolute Gasteiger partial charge is 0.208 e. The summed E-state index contributed by atoms with van der Waals surface area (Å²) in [5.74, 6) is 2.29. The van der Waals surface area contributed by atoms with Crippen LogP contribution in [0.25, 0.3) is 0 Å². The van der Waals surface area contributed by atoms with Crippen LogP contribution >= 0.6 is 11.8 Å². The van der Waals surface area contributed by atoms with Gasteiger partial charge in [0.25, 0.3) is 0 Å². The third-order valence-electron chi connectivity index (χ3n) is 5.50. The minimum atomic E-state index is 0.173. The lowest BCUT2D eigenvalue weighted by Crippen LogP contribution is -2.06. The molecule has 0 atom stereocenters. The van der Waals surface area contributed by atoms with Crippen molar-refractivity contribution in [1.29, 1.82) is 0 Å². The summed E-state index contributed by atoms with van der Waals surface area (Å²) in [6.45, 7) is 4.16. The van der Waals surface area contributed by atoms with E-state index < -0.39 is 0 Å². The molecule has 2 aromatic rings. The van der Waals surface area contributed by atoms with Crippen molar-refractivity contribution in [3.05, 3.63) is 28.8 Å². The average molecular weight is 359 g/mol. The lowest BCUT2D eigenvalue weighted by molar-refractivity contribution is 0.102.